The Bertz CT molecular complexity index is 176. The Morgan fingerprint density at radius 1 is 1.18 bits per heavy atom. The smallest absolute Gasteiger partial charge is 0.0164 e. The van der Waals surface area contributed by atoms with Gasteiger partial charge in [0, 0.05) is 0 Å². The molecule has 0 saturated heterocycles. The van der Waals surface area contributed by atoms with E-state index in [1.54, 1.807) is 6.08 Å². The molecule has 0 spiro atoms. The summed E-state index contributed by atoms with van der Waals surface area (Å²) in [6.45, 7) is 7.78. The molecule has 0 saturated carbocycles. The summed E-state index contributed by atoms with van der Waals surface area (Å²) in [4.78, 5) is 0. The zero-order valence-corrected chi connectivity index (χ0v) is 7.38. The molecule has 0 rings (SSSR count). The van der Waals surface area contributed by atoms with Crippen molar-refractivity contribution < 1.29 is 0 Å². The van der Waals surface area contributed by atoms with Gasteiger partial charge in [0.25, 0.3) is 0 Å². The summed E-state index contributed by atoms with van der Waals surface area (Å²) >= 11 is 0. The van der Waals surface area contributed by atoms with Gasteiger partial charge in [0.05, 0.1) is 0 Å². The highest BCUT2D eigenvalue weighted by atomic mass is 13.8. The van der Waals surface area contributed by atoms with Crippen molar-refractivity contribution in [2.75, 3.05) is 0 Å². The van der Waals surface area contributed by atoms with E-state index in [0.717, 1.165) is 6.42 Å². The average molecular weight is 148 g/mol. The van der Waals surface area contributed by atoms with Gasteiger partial charge in [0.1, 0.15) is 0 Å². The van der Waals surface area contributed by atoms with E-state index in [0.29, 0.717) is 0 Å². The Morgan fingerprint density at radius 3 is 2.45 bits per heavy atom. The lowest BCUT2D eigenvalue weighted by molar-refractivity contribution is 1.28. The van der Waals surface area contributed by atoms with Crippen LogP contribution in [0.25, 0.3) is 0 Å². The van der Waals surface area contributed by atoms with Gasteiger partial charge < -0.3 is 0 Å². The van der Waals surface area contributed by atoms with Crippen LogP contribution in [0.3, 0.4) is 0 Å². The summed E-state index contributed by atoms with van der Waals surface area (Å²) in [5.41, 5.74) is 1.36. The molecule has 0 fully saturated rings. The van der Waals surface area contributed by atoms with Crippen LogP contribution in [0.1, 0.15) is 20.3 Å². The van der Waals surface area contributed by atoms with Gasteiger partial charge >= 0.3 is 0 Å². The monoisotopic (exact) mass is 148 g/mol. The van der Waals surface area contributed by atoms with Crippen LogP contribution < -0.4 is 0 Å². The van der Waals surface area contributed by atoms with E-state index in [2.05, 4.69) is 32.6 Å². The molecule has 0 aliphatic rings. The van der Waals surface area contributed by atoms with Crippen molar-refractivity contribution in [3.63, 3.8) is 0 Å². The van der Waals surface area contributed by atoms with Crippen LogP contribution in [-0.4, -0.2) is 0 Å². The second kappa shape index (κ2) is 7.07. The molecule has 0 unspecified atom stereocenters. The number of hydrogen-bond donors (Lipinski definition) is 0. The third kappa shape index (κ3) is 8.96. The largest absolute Gasteiger partial charge is 0.0991 e. The fraction of sp³-hybridized carbons (Fsp3) is 0.273. The van der Waals surface area contributed by atoms with Crippen molar-refractivity contribution in [3.8, 4) is 0 Å². The second-order valence-corrected chi connectivity index (χ2v) is 2.57. The van der Waals surface area contributed by atoms with Crippen LogP contribution in [0.5, 0.6) is 0 Å². The van der Waals surface area contributed by atoms with Crippen LogP contribution in [0.4, 0.5) is 0 Å². The SMILES string of the molecule is C=CC=CC=CCC=C(C)C. The van der Waals surface area contributed by atoms with Crippen LogP contribution in [0.2, 0.25) is 0 Å². The minimum atomic E-state index is 1.02. The Labute approximate surface area is 69.6 Å². The third-order valence-corrected chi connectivity index (χ3v) is 1.16. The Morgan fingerprint density at radius 2 is 1.91 bits per heavy atom. The van der Waals surface area contributed by atoms with Gasteiger partial charge in [0.15, 0.2) is 0 Å². The van der Waals surface area contributed by atoms with Crippen molar-refractivity contribution in [2.24, 2.45) is 0 Å². The molecule has 0 radical (unpaired) electrons. The predicted molar refractivity (Wildman–Crippen MR) is 52.5 cm³/mol. The molecule has 0 aliphatic carbocycles. The van der Waals surface area contributed by atoms with Crippen LogP contribution in [0.15, 0.2) is 48.6 Å². The number of allylic oxidation sites excluding steroid dienone is 7. The van der Waals surface area contributed by atoms with Crippen molar-refractivity contribution in [2.45, 2.75) is 20.3 Å². The Kier molecular flexibility index (Phi) is 6.40. The van der Waals surface area contributed by atoms with E-state index in [4.69, 9.17) is 0 Å². The fourth-order valence-electron chi connectivity index (χ4n) is 0.604. The summed E-state index contributed by atoms with van der Waals surface area (Å²) in [5.74, 6) is 0. The first kappa shape index (κ1) is 9.96. The summed E-state index contributed by atoms with van der Waals surface area (Å²) in [5, 5.41) is 0. The maximum atomic E-state index is 3.57. The average Bonchev–Trinajstić information content (AvgIpc) is 1.96. The van der Waals surface area contributed by atoms with E-state index < -0.39 is 0 Å². The maximum Gasteiger partial charge on any atom is -0.0164 e. The second-order valence-electron chi connectivity index (χ2n) is 2.57. The molecule has 0 atom stereocenters. The van der Waals surface area contributed by atoms with Crippen molar-refractivity contribution in [1.82, 2.24) is 0 Å². The highest BCUT2D eigenvalue weighted by molar-refractivity contribution is 5.10. The van der Waals surface area contributed by atoms with Gasteiger partial charge in [-0.15, -0.1) is 0 Å². The summed E-state index contributed by atoms with van der Waals surface area (Å²) in [6, 6.07) is 0. The molecule has 0 heteroatoms. The first-order valence-corrected chi connectivity index (χ1v) is 3.85. The Balaban J connectivity index is 3.53. The molecule has 60 valence electrons. The van der Waals surface area contributed by atoms with Crippen LogP contribution >= 0.6 is 0 Å². The van der Waals surface area contributed by atoms with Gasteiger partial charge in [0.2, 0.25) is 0 Å². The van der Waals surface area contributed by atoms with Crippen molar-refractivity contribution in [1.29, 1.82) is 0 Å². The van der Waals surface area contributed by atoms with Crippen molar-refractivity contribution >= 4 is 0 Å². The molecule has 0 aliphatic heterocycles. The molecule has 0 aromatic rings. The topological polar surface area (TPSA) is 0 Å². The molecular weight excluding hydrogens is 132 g/mol. The molecule has 0 heterocycles. The van der Waals surface area contributed by atoms with E-state index >= 15 is 0 Å². The molecule has 0 aromatic carbocycles. The summed E-state index contributed by atoms with van der Waals surface area (Å²) in [6.07, 6.45) is 13.0. The minimum Gasteiger partial charge on any atom is -0.0991 e. The standard InChI is InChI=1S/C11H16/c1-4-5-6-7-8-9-10-11(2)3/h4-8,10H,1,9H2,2-3H3. The van der Waals surface area contributed by atoms with Crippen LogP contribution in [-0.2, 0) is 0 Å². The first-order chi connectivity index (χ1) is 5.27. The van der Waals surface area contributed by atoms with Crippen molar-refractivity contribution in [3.05, 3.63) is 48.6 Å². The molecule has 0 N–H and O–H groups in total. The van der Waals surface area contributed by atoms with Gasteiger partial charge in [-0.1, -0.05) is 48.6 Å². The van der Waals surface area contributed by atoms with E-state index in [1.807, 2.05) is 18.2 Å². The number of hydrogen-bond acceptors (Lipinski definition) is 0. The molecular formula is C11H16. The summed E-state index contributed by atoms with van der Waals surface area (Å²) in [7, 11) is 0. The third-order valence-electron chi connectivity index (χ3n) is 1.16. The molecule has 0 nitrogen and oxygen atoms in total. The predicted octanol–water partition coefficient (Wildman–Crippen LogP) is 3.64. The zero-order chi connectivity index (χ0) is 8.53. The molecule has 11 heavy (non-hydrogen) atoms. The summed E-state index contributed by atoms with van der Waals surface area (Å²) < 4.78 is 0. The highest BCUT2D eigenvalue weighted by Crippen LogP contribution is 1.93. The lowest BCUT2D eigenvalue weighted by atomic mass is 10.2. The molecule has 0 amide bonds. The highest BCUT2D eigenvalue weighted by Gasteiger charge is 1.72. The molecule has 0 aromatic heterocycles. The van der Waals surface area contributed by atoms with E-state index in [-0.39, 0.29) is 0 Å². The fourth-order valence-corrected chi connectivity index (χ4v) is 0.604. The van der Waals surface area contributed by atoms with E-state index in [1.165, 1.54) is 5.57 Å². The lowest BCUT2D eigenvalue weighted by Gasteiger charge is -1.84. The zero-order valence-electron chi connectivity index (χ0n) is 7.38. The quantitative estimate of drug-likeness (QED) is 0.422. The lowest BCUT2D eigenvalue weighted by Crippen LogP contribution is -1.62. The van der Waals surface area contributed by atoms with Gasteiger partial charge in [-0.05, 0) is 20.3 Å². The van der Waals surface area contributed by atoms with E-state index in [9.17, 15) is 0 Å². The Hall–Kier alpha value is -1.04. The maximum absolute atomic E-state index is 3.57. The molecule has 0 bridgehead atoms. The van der Waals surface area contributed by atoms with Crippen LogP contribution in [0, 0.1) is 0 Å². The van der Waals surface area contributed by atoms with Gasteiger partial charge in [-0.2, -0.15) is 0 Å². The van der Waals surface area contributed by atoms with Gasteiger partial charge in [-0.25, -0.2) is 0 Å². The van der Waals surface area contributed by atoms with Gasteiger partial charge in [-0.3, -0.25) is 0 Å². The first-order valence-electron chi connectivity index (χ1n) is 3.85. The minimum absolute atomic E-state index is 1.02. The normalized spacial score (nSPS) is 10.7. The number of rotatable bonds is 4.